The molecule has 19 heavy (non-hydrogen) atoms. The topological polar surface area (TPSA) is 64.3 Å². The first-order valence-corrected chi connectivity index (χ1v) is 5.98. The molecule has 0 unspecified atom stereocenters. The largest absolute Gasteiger partial charge is 0.497 e. The van der Waals surface area contributed by atoms with E-state index >= 15 is 0 Å². The lowest BCUT2D eigenvalue weighted by molar-refractivity contribution is 0.102. The predicted molar refractivity (Wildman–Crippen MR) is 76.8 cm³/mol. The van der Waals surface area contributed by atoms with Gasteiger partial charge in [-0.15, -0.1) is 0 Å². The lowest BCUT2D eigenvalue weighted by Gasteiger charge is -2.09. The zero-order valence-electron chi connectivity index (χ0n) is 10.3. The summed E-state index contributed by atoms with van der Waals surface area (Å²) in [4.78, 5) is 12.1. The molecular weight excluding hydrogens is 264 g/mol. The van der Waals surface area contributed by atoms with Crippen molar-refractivity contribution in [2.45, 2.75) is 0 Å². The highest BCUT2D eigenvalue weighted by Crippen LogP contribution is 2.21. The summed E-state index contributed by atoms with van der Waals surface area (Å²) in [6.45, 7) is 0. The van der Waals surface area contributed by atoms with Crippen LogP contribution >= 0.6 is 11.6 Å². The van der Waals surface area contributed by atoms with E-state index in [2.05, 4.69) is 5.32 Å². The second-order valence-corrected chi connectivity index (χ2v) is 4.35. The van der Waals surface area contributed by atoms with Crippen LogP contribution in [-0.2, 0) is 0 Å². The molecule has 0 atom stereocenters. The number of ether oxygens (including phenoxy) is 1. The summed E-state index contributed by atoms with van der Waals surface area (Å²) in [7, 11) is 1.57. The third-order valence-corrected chi connectivity index (χ3v) is 2.82. The molecule has 0 bridgehead atoms. The van der Waals surface area contributed by atoms with Gasteiger partial charge < -0.3 is 15.8 Å². The molecular formula is C14H13ClN2O2. The summed E-state index contributed by atoms with van der Waals surface area (Å²) >= 11 is 5.79. The van der Waals surface area contributed by atoms with E-state index in [0.717, 1.165) is 0 Å². The summed E-state index contributed by atoms with van der Waals surface area (Å²) in [5, 5.41) is 3.25. The number of nitrogen functional groups attached to an aromatic ring is 1. The molecule has 0 radical (unpaired) electrons. The Morgan fingerprint density at radius 3 is 2.74 bits per heavy atom. The van der Waals surface area contributed by atoms with Gasteiger partial charge in [-0.25, -0.2) is 0 Å². The molecule has 0 aliphatic rings. The summed E-state index contributed by atoms with van der Waals surface area (Å²) in [6, 6.07) is 11.8. The maximum atomic E-state index is 12.1. The zero-order chi connectivity index (χ0) is 13.8. The molecule has 2 rings (SSSR count). The normalized spacial score (nSPS) is 10.0. The number of hydrogen-bond donors (Lipinski definition) is 2. The Balaban J connectivity index is 2.20. The summed E-state index contributed by atoms with van der Waals surface area (Å²) in [5.41, 5.74) is 7.12. The molecule has 0 aliphatic carbocycles. The number of methoxy groups -OCH3 is 1. The van der Waals surface area contributed by atoms with E-state index in [1.165, 1.54) is 0 Å². The van der Waals surface area contributed by atoms with Gasteiger partial charge in [0, 0.05) is 22.5 Å². The standard InChI is InChI=1S/C14H13ClN2O2/c1-19-11-4-2-3-10(8-11)17-14(18)12-6-5-9(15)7-13(12)16/h2-8H,16H2,1H3,(H,17,18). The lowest BCUT2D eigenvalue weighted by atomic mass is 10.1. The van der Waals surface area contributed by atoms with Crippen molar-refractivity contribution in [2.75, 3.05) is 18.2 Å². The third kappa shape index (κ3) is 3.17. The van der Waals surface area contributed by atoms with Gasteiger partial charge in [0.05, 0.1) is 12.7 Å². The number of benzene rings is 2. The van der Waals surface area contributed by atoms with Crippen LogP contribution in [0.2, 0.25) is 5.02 Å². The van der Waals surface area contributed by atoms with E-state index in [1.807, 2.05) is 0 Å². The van der Waals surface area contributed by atoms with E-state index in [9.17, 15) is 4.79 Å². The van der Waals surface area contributed by atoms with Crippen LogP contribution in [0.1, 0.15) is 10.4 Å². The average Bonchev–Trinajstić information content (AvgIpc) is 2.38. The second-order valence-electron chi connectivity index (χ2n) is 3.92. The second kappa shape index (κ2) is 5.63. The van der Waals surface area contributed by atoms with Gasteiger partial charge in [-0.05, 0) is 30.3 Å². The minimum Gasteiger partial charge on any atom is -0.497 e. The number of nitrogens with two attached hydrogens (primary N) is 1. The number of nitrogens with one attached hydrogen (secondary N) is 1. The Hall–Kier alpha value is -2.20. The van der Waals surface area contributed by atoms with Crippen molar-refractivity contribution in [3.8, 4) is 5.75 Å². The van der Waals surface area contributed by atoms with Crippen LogP contribution in [0.3, 0.4) is 0 Å². The van der Waals surface area contributed by atoms with Gasteiger partial charge in [0.1, 0.15) is 5.75 Å². The fourth-order valence-corrected chi connectivity index (χ4v) is 1.82. The molecule has 0 aliphatic heterocycles. The van der Waals surface area contributed by atoms with Crippen LogP contribution < -0.4 is 15.8 Å². The highest BCUT2D eigenvalue weighted by atomic mass is 35.5. The van der Waals surface area contributed by atoms with Crippen molar-refractivity contribution in [1.29, 1.82) is 0 Å². The molecule has 0 fully saturated rings. The van der Waals surface area contributed by atoms with Crippen LogP contribution in [-0.4, -0.2) is 13.0 Å². The van der Waals surface area contributed by atoms with Gasteiger partial charge in [-0.1, -0.05) is 17.7 Å². The fourth-order valence-electron chi connectivity index (χ4n) is 1.64. The Labute approximate surface area is 116 Å². The molecule has 0 saturated heterocycles. The van der Waals surface area contributed by atoms with E-state index in [0.29, 0.717) is 27.7 Å². The summed E-state index contributed by atoms with van der Waals surface area (Å²) in [6.07, 6.45) is 0. The van der Waals surface area contributed by atoms with E-state index in [-0.39, 0.29) is 5.91 Å². The number of amides is 1. The monoisotopic (exact) mass is 276 g/mol. The minimum atomic E-state index is -0.289. The first kappa shape index (κ1) is 13.2. The van der Waals surface area contributed by atoms with Gasteiger partial charge >= 0.3 is 0 Å². The highest BCUT2D eigenvalue weighted by Gasteiger charge is 2.10. The van der Waals surface area contributed by atoms with Crippen molar-refractivity contribution < 1.29 is 9.53 Å². The predicted octanol–water partition coefficient (Wildman–Crippen LogP) is 3.18. The number of carbonyl (C=O) groups is 1. The van der Waals surface area contributed by atoms with Crippen LogP contribution in [0.5, 0.6) is 5.75 Å². The number of anilines is 2. The fraction of sp³-hybridized carbons (Fsp3) is 0.0714. The van der Waals surface area contributed by atoms with E-state index < -0.39 is 0 Å². The lowest BCUT2D eigenvalue weighted by Crippen LogP contribution is -2.13. The maximum absolute atomic E-state index is 12.1. The Morgan fingerprint density at radius 2 is 2.05 bits per heavy atom. The summed E-state index contributed by atoms with van der Waals surface area (Å²) in [5.74, 6) is 0.379. The summed E-state index contributed by atoms with van der Waals surface area (Å²) < 4.78 is 5.09. The third-order valence-electron chi connectivity index (χ3n) is 2.59. The van der Waals surface area contributed by atoms with Gasteiger partial charge in [0.25, 0.3) is 5.91 Å². The molecule has 5 heteroatoms. The van der Waals surface area contributed by atoms with Crippen molar-refractivity contribution in [2.24, 2.45) is 0 Å². The minimum absolute atomic E-state index is 0.289. The Bertz CT molecular complexity index is 614. The van der Waals surface area contributed by atoms with Gasteiger partial charge in [0.2, 0.25) is 0 Å². The van der Waals surface area contributed by atoms with Crippen molar-refractivity contribution in [3.05, 3.63) is 53.1 Å². The van der Waals surface area contributed by atoms with Crippen molar-refractivity contribution >= 4 is 28.9 Å². The van der Waals surface area contributed by atoms with E-state index in [1.54, 1.807) is 49.6 Å². The van der Waals surface area contributed by atoms with Crippen LogP contribution in [0.25, 0.3) is 0 Å². The molecule has 0 spiro atoms. The van der Waals surface area contributed by atoms with Crippen molar-refractivity contribution in [1.82, 2.24) is 0 Å². The number of carbonyl (C=O) groups excluding carboxylic acids is 1. The average molecular weight is 277 g/mol. The molecule has 0 heterocycles. The van der Waals surface area contributed by atoms with Gasteiger partial charge in [0.15, 0.2) is 0 Å². The number of rotatable bonds is 3. The molecule has 2 aromatic rings. The highest BCUT2D eigenvalue weighted by molar-refractivity contribution is 6.31. The van der Waals surface area contributed by atoms with Crippen LogP contribution in [0.15, 0.2) is 42.5 Å². The Kier molecular flexibility index (Phi) is 3.92. The zero-order valence-corrected chi connectivity index (χ0v) is 11.1. The molecule has 4 nitrogen and oxygen atoms in total. The first-order valence-electron chi connectivity index (χ1n) is 5.60. The van der Waals surface area contributed by atoms with Crippen molar-refractivity contribution in [3.63, 3.8) is 0 Å². The van der Waals surface area contributed by atoms with Gasteiger partial charge in [-0.2, -0.15) is 0 Å². The first-order chi connectivity index (χ1) is 9.10. The molecule has 98 valence electrons. The van der Waals surface area contributed by atoms with E-state index in [4.69, 9.17) is 22.1 Å². The Morgan fingerprint density at radius 1 is 1.26 bits per heavy atom. The van der Waals surface area contributed by atoms with Gasteiger partial charge in [-0.3, -0.25) is 4.79 Å². The quantitative estimate of drug-likeness (QED) is 0.846. The van der Waals surface area contributed by atoms with Crippen LogP contribution in [0, 0.1) is 0 Å². The number of hydrogen-bond acceptors (Lipinski definition) is 3. The SMILES string of the molecule is COc1cccc(NC(=O)c2ccc(Cl)cc2N)c1. The number of halogens is 1. The maximum Gasteiger partial charge on any atom is 0.257 e. The van der Waals surface area contributed by atoms with Crippen LogP contribution in [0.4, 0.5) is 11.4 Å². The smallest absolute Gasteiger partial charge is 0.257 e. The molecule has 1 amide bonds. The molecule has 0 aromatic heterocycles. The molecule has 0 saturated carbocycles. The molecule has 2 aromatic carbocycles. The molecule has 3 N–H and O–H groups in total.